The Morgan fingerprint density at radius 1 is 1.18 bits per heavy atom. The number of aryl methyl sites for hydroxylation is 1. The normalized spacial score (nSPS) is 11.6. The first-order valence-corrected chi connectivity index (χ1v) is 9.81. The van der Waals surface area contributed by atoms with Crippen LogP contribution in [0.1, 0.15) is 38.5 Å². The van der Waals surface area contributed by atoms with E-state index in [9.17, 15) is 0 Å². The fraction of sp³-hybridized carbons (Fsp3) is 0.550. The van der Waals surface area contributed by atoms with Gasteiger partial charge in [0.15, 0.2) is 5.96 Å². The highest BCUT2D eigenvalue weighted by molar-refractivity contribution is 5.77. The number of nitrogens with one attached hydrogen (secondary N) is 1. The van der Waals surface area contributed by atoms with Crippen LogP contribution >= 0.6 is 0 Å². The van der Waals surface area contributed by atoms with Crippen molar-refractivity contribution >= 4 is 5.96 Å². The second-order valence-electron chi connectivity index (χ2n) is 6.30. The molecule has 2 aromatic rings. The second kappa shape index (κ2) is 12.7. The standard InChI is InChI=1S/C20H31N5O3/c1-3-27-15-7-14-23-20(21)22-13-6-4-5-8-18-24-19(25-28-18)16-9-11-17(26-2)12-10-16/h9-12H,3-8,13-15H2,1-2H3,(H3,21,22,23). The molecule has 0 aliphatic carbocycles. The summed E-state index contributed by atoms with van der Waals surface area (Å²) in [7, 11) is 1.64. The van der Waals surface area contributed by atoms with Crippen molar-refractivity contribution in [3.63, 3.8) is 0 Å². The van der Waals surface area contributed by atoms with Crippen molar-refractivity contribution in [2.45, 2.75) is 39.0 Å². The van der Waals surface area contributed by atoms with Crippen LogP contribution in [0.3, 0.4) is 0 Å². The average molecular weight is 390 g/mol. The van der Waals surface area contributed by atoms with Crippen LogP contribution in [0.15, 0.2) is 33.8 Å². The minimum absolute atomic E-state index is 0.498. The number of aromatic nitrogens is 2. The lowest BCUT2D eigenvalue weighted by Gasteiger charge is -2.05. The summed E-state index contributed by atoms with van der Waals surface area (Å²) in [4.78, 5) is 8.72. The van der Waals surface area contributed by atoms with Gasteiger partial charge < -0.3 is 25.0 Å². The summed E-state index contributed by atoms with van der Waals surface area (Å²) >= 11 is 0. The number of benzene rings is 1. The van der Waals surface area contributed by atoms with Crippen molar-refractivity contribution in [2.75, 3.05) is 33.4 Å². The predicted octanol–water partition coefficient (Wildman–Crippen LogP) is 2.79. The number of nitrogens with zero attached hydrogens (tertiary/aromatic N) is 3. The van der Waals surface area contributed by atoms with Gasteiger partial charge in [0.05, 0.1) is 7.11 Å². The fourth-order valence-corrected chi connectivity index (χ4v) is 2.57. The van der Waals surface area contributed by atoms with Crippen LogP contribution < -0.4 is 15.8 Å². The number of hydrogen-bond donors (Lipinski definition) is 2. The Morgan fingerprint density at radius 2 is 2.00 bits per heavy atom. The molecule has 1 heterocycles. The maximum atomic E-state index is 5.83. The van der Waals surface area contributed by atoms with Gasteiger partial charge in [-0.3, -0.25) is 4.99 Å². The van der Waals surface area contributed by atoms with Gasteiger partial charge in [-0.25, -0.2) is 0 Å². The van der Waals surface area contributed by atoms with Crippen molar-refractivity contribution in [1.82, 2.24) is 15.5 Å². The van der Waals surface area contributed by atoms with E-state index in [1.807, 2.05) is 31.2 Å². The summed E-state index contributed by atoms with van der Waals surface area (Å²) in [5.74, 6) is 2.57. The molecule has 0 aliphatic rings. The molecule has 0 bridgehead atoms. The average Bonchev–Trinajstić information content (AvgIpc) is 3.19. The van der Waals surface area contributed by atoms with Gasteiger partial charge in [-0.1, -0.05) is 11.6 Å². The molecule has 0 amide bonds. The lowest BCUT2D eigenvalue weighted by Crippen LogP contribution is -2.32. The lowest BCUT2D eigenvalue weighted by molar-refractivity contribution is 0.146. The summed E-state index contributed by atoms with van der Waals surface area (Å²) in [5, 5.41) is 7.18. The first-order valence-electron chi connectivity index (χ1n) is 9.81. The maximum absolute atomic E-state index is 5.83. The summed E-state index contributed by atoms with van der Waals surface area (Å²) in [6.45, 7) is 4.94. The van der Waals surface area contributed by atoms with Gasteiger partial charge in [-0.05, 0) is 50.5 Å². The number of ether oxygens (including phenoxy) is 2. The Bertz CT molecular complexity index is 700. The molecule has 154 valence electrons. The summed E-state index contributed by atoms with van der Waals surface area (Å²) < 4.78 is 15.7. The van der Waals surface area contributed by atoms with E-state index in [1.165, 1.54) is 0 Å². The van der Waals surface area contributed by atoms with E-state index >= 15 is 0 Å². The van der Waals surface area contributed by atoms with Gasteiger partial charge in [0.2, 0.25) is 11.7 Å². The number of aliphatic imine (C=N–C) groups is 1. The molecule has 0 atom stereocenters. The Kier molecular flexibility index (Phi) is 9.85. The lowest BCUT2D eigenvalue weighted by atomic mass is 10.2. The summed E-state index contributed by atoms with van der Waals surface area (Å²) in [6.07, 6.45) is 4.69. The highest BCUT2D eigenvalue weighted by atomic mass is 16.5. The molecule has 8 heteroatoms. The molecule has 0 radical (unpaired) electrons. The van der Waals surface area contributed by atoms with Gasteiger partial charge >= 0.3 is 0 Å². The molecule has 0 saturated carbocycles. The SMILES string of the molecule is CCOCCCN=C(N)NCCCCCc1nc(-c2ccc(OC)cc2)no1. The molecule has 28 heavy (non-hydrogen) atoms. The third-order valence-electron chi connectivity index (χ3n) is 4.12. The van der Waals surface area contributed by atoms with E-state index in [4.69, 9.17) is 19.7 Å². The quantitative estimate of drug-likeness (QED) is 0.308. The van der Waals surface area contributed by atoms with E-state index < -0.39 is 0 Å². The maximum Gasteiger partial charge on any atom is 0.226 e. The number of guanidine groups is 1. The minimum atomic E-state index is 0.498. The molecular weight excluding hydrogens is 358 g/mol. The van der Waals surface area contributed by atoms with Gasteiger partial charge in [0.25, 0.3) is 0 Å². The van der Waals surface area contributed by atoms with Crippen molar-refractivity contribution in [1.29, 1.82) is 0 Å². The van der Waals surface area contributed by atoms with Gasteiger partial charge in [-0.15, -0.1) is 0 Å². The van der Waals surface area contributed by atoms with Crippen molar-refractivity contribution in [3.8, 4) is 17.1 Å². The van der Waals surface area contributed by atoms with Gasteiger partial charge in [0, 0.05) is 38.3 Å². The third kappa shape index (κ3) is 7.96. The molecule has 0 fully saturated rings. The summed E-state index contributed by atoms with van der Waals surface area (Å²) in [5.41, 5.74) is 6.74. The minimum Gasteiger partial charge on any atom is -0.497 e. The van der Waals surface area contributed by atoms with Gasteiger partial charge in [0.1, 0.15) is 5.75 Å². The molecular formula is C20H31N5O3. The molecule has 3 N–H and O–H groups in total. The van der Waals surface area contributed by atoms with E-state index in [0.29, 0.717) is 24.2 Å². The van der Waals surface area contributed by atoms with E-state index in [-0.39, 0.29) is 0 Å². The van der Waals surface area contributed by atoms with Crippen molar-refractivity contribution in [2.24, 2.45) is 10.7 Å². The Hall–Kier alpha value is -2.61. The van der Waals surface area contributed by atoms with Crippen LogP contribution in [-0.2, 0) is 11.2 Å². The van der Waals surface area contributed by atoms with Gasteiger partial charge in [-0.2, -0.15) is 4.98 Å². The molecule has 2 rings (SSSR count). The highest BCUT2D eigenvalue weighted by Gasteiger charge is 2.08. The molecule has 0 unspecified atom stereocenters. The van der Waals surface area contributed by atoms with Crippen LogP contribution in [-0.4, -0.2) is 49.5 Å². The van der Waals surface area contributed by atoms with Crippen LogP contribution in [0, 0.1) is 0 Å². The summed E-state index contributed by atoms with van der Waals surface area (Å²) in [6, 6.07) is 7.60. The predicted molar refractivity (Wildman–Crippen MR) is 109 cm³/mol. The first kappa shape index (κ1) is 21.7. The smallest absolute Gasteiger partial charge is 0.226 e. The third-order valence-corrected chi connectivity index (χ3v) is 4.12. The Labute approximate surface area is 166 Å². The molecule has 1 aromatic carbocycles. The fourth-order valence-electron chi connectivity index (χ4n) is 2.57. The van der Waals surface area contributed by atoms with E-state index in [2.05, 4.69) is 20.4 Å². The van der Waals surface area contributed by atoms with E-state index in [0.717, 1.165) is 63.2 Å². The number of hydrogen-bond acceptors (Lipinski definition) is 6. The highest BCUT2D eigenvalue weighted by Crippen LogP contribution is 2.20. The van der Waals surface area contributed by atoms with Crippen molar-refractivity contribution in [3.05, 3.63) is 30.2 Å². The zero-order valence-corrected chi connectivity index (χ0v) is 16.8. The van der Waals surface area contributed by atoms with Crippen LogP contribution in [0.4, 0.5) is 0 Å². The molecule has 0 aliphatic heterocycles. The molecule has 8 nitrogen and oxygen atoms in total. The van der Waals surface area contributed by atoms with Crippen LogP contribution in [0.2, 0.25) is 0 Å². The zero-order chi connectivity index (χ0) is 20.0. The molecule has 0 spiro atoms. The van der Waals surface area contributed by atoms with Crippen LogP contribution in [0.5, 0.6) is 5.75 Å². The monoisotopic (exact) mass is 389 g/mol. The number of methoxy groups -OCH3 is 1. The topological polar surface area (TPSA) is 108 Å². The first-order chi connectivity index (χ1) is 13.7. The zero-order valence-electron chi connectivity index (χ0n) is 16.8. The number of rotatable bonds is 13. The Morgan fingerprint density at radius 3 is 2.75 bits per heavy atom. The van der Waals surface area contributed by atoms with E-state index in [1.54, 1.807) is 7.11 Å². The van der Waals surface area contributed by atoms with Crippen LogP contribution in [0.25, 0.3) is 11.4 Å². The van der Waals surface area contributed by atoms with Crippen molar-refractivity contribution < 1.29 is 14.0 Å². The number of nitrogens with two attached hydrogens (primary N) is 1. The molecule has 1 aromatic heterocycles. The Balaban J connectivity index is 1.58. The number of unbranched alkanes of at least 4 members (excludes halogenated alkanes) is 2. The second-order valence-corrected chi connectivity index (χ2v) is 6.30. The molecule has 0 saturated heterocycles. The largest absolute Gasteiger partial charge is 0.497 e.